The largest absolute Gasteiger partial charge is 0.497 e. The SMILES string of the molecule is COc1ccc2c(c1)[C@@H](C)C[C@@H](C)[N+]2(C)C. The van der Waals surface area contributed by atoms with E-state index in [1.165, 1.54) is 17.7 Å². The van der Waals surface area contributed by atoms with Gasteiger partial charge in [-0.1, -0.05) is 6.92 Å². The molecule has 0 fully saturated rings. The van der Waals surface area contributed by atoms with Crippen LogP contribution in [0.2, 0.25) is 0 Å². The number of ether oxygens (including phenoxy) is 1. The van der Waals surface area contributed by atoms with Crippen molar-refractivity contribution in [3.05, 3.63) is 23.8 Å². The lowest BCUT2D eigenvalue weighted by molar-refractivity contribution is 0.261. The fourth-order valence-electron chi connectivity index (χ4n) is 2.72. The zero-order valence-electron chi connectivity index (χ0n) is 10.9. The molecule has 1 heterocycles. The third kappa shape index (κ3) is 1.61. The first kappa shape index (κ1) is 11.5. The Labute approximate surface area is 98.4 Å². The third-order valence-electron chi connectivity index (χ3n) is 4.18. The van der Waals surface area contributed by atoms with Crippen molar-refractivity contribution in [3.63, 3.8) is 0 Å². The maximum Gasteiger partial charge on any atom is 0.136 e. The Morgan fingerprint density at radius 3 is 2.56 bits per heavy atom. The molecule has 2 rings (SSSR count). The zero-order chi connectivity index (χ0) is 11.9. The molecule has 0 bridgehead atoms. The van der Waals surface area contributed by atoms with Gasteiger partial charge in [0.1, 0.15) is 11.4 Å². The van der Waals surface area contributed by atoms with Crippen LogP contribution >= 0.6 is 0 Å². The van der Waals surface area contributed by atoms with Gasteiger partial charge in [-0.2, -0.15) is 0 Å². The van der Waals surface area contributed by atoms with Crippen molar-refractivity contribution in [3.8, 4) is 5.75 Å². The van der Waals surface area contributed by atoms with Gasteiger partial charge in [0.25, 0.3) is 0 Å². The van der Waals surface area contributed by atoms with E-state index in [0.717, 1.165) is 10.2 Å². The second-order valence-electron chi connectivity index (χ2n) is 5.45. The maximum atomic E-state index is 5.32. The van der Waals surface area contributed by atoms with Crippen LogP contribution in [0.3, 0.4) is 0 Å². The van der Waals surface area contributed by atoms with Gasteiger partial charge in [-0.25, -0.2) is 0 Å². The number of hydrogen-bond donors (Lipinski definition) is 0. The van der Waals surface area contributed by atoms with E-state index in [1.54, 1.807) is 7.11 Å². The molecule has 0 saturated carbocycles. The van der Waals surface area contributed by atoms with Crippen LogP contribution in [-0.2, 0) is 0 Å². The summed E-state index contributed by atoms with van der Waals surface area (Å²) in [6.07, 6.45) is 1.24. The normalized spacial score (nSPS) is 27.3. The van der Waals surface area contributed by atoms with E-state index in [0.29, 0.717) is 12.0 Å². The topological polar surface area (TPSA) is 9.23 Å². The Balaban J connectivity index is 2.55. The highest BCUT2D eigenvalue weighted by atomic mass is 16.5. The standard InChI is InChI=1S/C14H22NO/c1-10-8-11(2)15(3,4)14-7-6-12(16-5)9-13(10)14/h6-7,9-11H,8H2,1-5H3/q+1/t10-,11+/m0/s1. The number of nitrogens with zero attached hydrogens (tertiary/aromatic N) is 1. The van der Waals surface area contributed by atoms with Crippen LogP contribution in [0.4, 0.5) is 5.69 Å². The summed E-state index contributed by atoms with van der Waals surface area (Å²) < 4.78 is 6.29. The summed E-state index contributed by atoms with van der Waals surface area (Å²) in [6, 6.07) is 7.17. The highest BCUT2D eigenvalue weighted by Crippen LogP contribution is 2.42. The second kappa shape index (κ2) is 3.77. The summed E-state index contributed by atoms with van der Waals surface area (Å²) >= 11 is 0. The molecule has 16 heavy (non-hydrogen) atoms. The van der Waals surface area contributed by atoms with Crippen molar-refractivity contribution in [1.29, 1.82) is 0 Å². The van der Waals surface area contributed by atoms with Crippen molar-refractivity contribution in [2.45, 2.75) is 32.2 Å². The van der Waals surface area contributed by atoms with Gasteiger partial charge in [-0.05, 0) is 25.0 Å². The predicted molar refractivity (Wildman–Crippen MR) is 69.1 cm³/mol. The highest BCUT2D eigenvalue weighted by molar-refractivity contribution is 5.56. The first-order valence-corrected chi connectivity index (χ1v) is 5.99. The molecule has 0 amide bonds. The average Bonchev–Trinajstić information content (AvgIpc) is 2.26. The summed E-state index contributed by atoms with van der Waals surface area (Å²) in [5, 5.41) is 0. The Kier molecular flexibility index (Phi) is 2.70. The van der Waals surface area contributed by atoms with Gasteiger partial charge in [0.2, 0.25) is 0 Å². The number of quaternary nitrogens is 1. The quantitative estimate of drug-likeness (QED) is 0.661. The molecule has 1 aliphatic rings. The van der Waals surface area contributed by atoms with Crippen molar-refractivity contribution in [1.82, 2.24) is 4.48 Å². The highest BCUT2D eigenvalue weighted by Gasteiger charge is 2.37. The molecule has 0 radical (unpaired) electrons. The third-order valence-corrected chi connectivity index (χ3v) is 4.18. The van der Waals surface area contributed by atoms with Gasteiger partial charge in [-0.3, -0.25) is 4.48 Å². The Morgan fingerprint density at radius 1 is 1.25 bits per heavy atom. The molecule has 0 aliphatic carbocycles. The fourth-order valence-corrected chi connectivity index (χ4v) is 2.72. The molecule has 1 aromatic carbocycles. The van der Waals surface area contributed by atoms with Crippen molar-refractivity contribution in [2.75, 3.05) is 21.2 Å². The molecule has 0 unspecified atom stereocenters. The van der Waals surface area contributed by atoms with Crippen LogP contribution in [0.15, 0.2) is 18.2 Å². The molecule has 0 spiro atoms. The summed E-state index contributed by atoms with van der Waals surface area (Å²) in [4.78, 5) is 0. The predicted octanol–water partition coefficient (Wildman–Crippen LogP) is 3.16. The second-order valence-corrected chi connectivity index (χ2v) is 5.45. The molecule has 2 atom stereocenters. The van der Waals surface area contributed by atoms with E-state index in [4.69, 9.17) is 4.74 Å². The van der Waals surface area contributed by atoms with Crippen LogP contribution in [0.5, 0.6) is 5.75 Å². The minimum atomic E-state index is 0.631. The van der Waals surface area contributed by atoms with E-state index in [-0.39, 0.29) is 0 Å². The van der Waals surface area contributed by atoms with E-state index in [9.17, 15) is 0 Å². The minimum absolute atomic E-state index is 0.631. The molecule has 1 aliphatic heterocycles. The number of methoxy groups -OCH3 is 1. The number of rotatable bonds is 1. The van der Waals surface area contributed by atoms with Crippen LogP contribution in [0.1, 0.15) is 31.7 Å². The number of fused-ring (bicyclic) bond motifs is 1. The average molecular weight is 220 g/mol. The van der Waals surface area contributed by atoms with E-state index < -0.39 is 0 Å². The van der Waals surface area contributed by atoms with Crippen LogP contribution in [-0.4, -0.2) is 27.2 Å². The lowest BCUT2D eigenvalue weighted by Gasteiger charge is -2.42. The maximum absolute atomic E-state index is 5.32. The van der Waals surface area contributed by atoms with Crippen LogP contribution in [0.25, 0.3) is 0 Å². The summed E-state index contributed by atoms with van der Waals surface area (Å²) in [5.41, 5.74) is 2.88. The van der Waals surface area contributed by atoms with Gasteiger partial charge in [0, 0.05) is 18.1 Å². The van der Waals surface area contributed by atoms with Gasteiger partial charge >= 0.3 is 0 Å². The minimum Gasteiger partial charge on any atom is -0.497 e. The molecule has 88 valence electrons. The van der Waals surface area contributed by atoms with Crippen molar-refractivity contribution < 1.29 is 4.74 Å². The van der Waals surface area contributed by atoms with Crippen LogP contribution < -0.4 is 9.22 Å². The fraction of sp³-hybridized carbons (Fsp3) is 0.571. The summed E-state index contributed by atoms with van der Waals surface area (Å²) in [5.74, 6) is 1.60. The Bertz CT molecular complexity index is 398. The Morgan fingerprint density at radius 2 is 1.94 bits per heavy atom. The zero-order valence-corrected chi connectivity index (χ0v) is 10.9. The van der Waals surface area contributed by atoms with E-state index >= 15 is 0 Å². The Hall–Kier alpha value is -1.02. The number of hydrogen-bond acceptors (Lipinski definition) is 1. The van der Waals surface area contributed by atoms with Crippen molar-refractivity contribution in [2.24, 2.45) is 0 Å². The number of benzene rings is 1. The lowest BCUT2D eigenvalue weighted by atomic mass is 9.86. The molecule has 0 N–H and O–H groups in total. The van der Waals surface area contributed by atoms with E-state index in [2.05, 4.69) is 46.1 Å². The smallest absolute Gasteiger partial charge is 0.136 e. The lowest BCUT2D eigenvalue weighted by Crippen LogP contribution is -2.51. The van der Waals surface area contributed by atoms with Crippen LogP contribution in [0, 0.1) is 0 Å². The molecular weight excluding hydrogens is 198 g/mol. The van der Waals surface area contributed by atoms with Gasteiger partial charge in [0.05, 0.1) is 27.2 Å². The molecule has 2 nitrogen and oxygen atoms in total. The monoisotopic (exact) mass is 220 g/mol. The molecule has 0 aromatic heterocycles. The first-order chi connectivity index (χ1) is 7.46. The summed E-state index contributed by atoms with van der Waals surface area (Å²) in [7, 11) is 6.32. The summed E-state index contributed by atoms with van der Waals surface area (Å²) in [6.45, 7) is 4.65. The van der Waals surface area contributed by atoms with Crippen molar-refractivity contribution >= 4 is 5.69 Å². The first-order valence-electron chi connectivity index (χ1n) is 5.99. The van der Waals surface area contributed by atoms with Gasteiger partial charge in [0.15, 0.2) is 0 Å². The molecule has 1 aromatic rings. The van der Waals surface area contributed by atoms with Gasteiger partial charge < -0.3 is 4.74 Å². The van der Waals surface area contributed by atoms with E-state index in [1.807, 2.05) is 0 Å². The molecule has 2 heteroatoms. The molecular formula is C14H22NO+. The molecule has 0 saturated heterocycles. The van der Waals surface area contributed by atoms with Gasteiger partial charge in [-0.15, -0.1) is 0 Å².